The number of piperidine rings is 1. The van der Waals surface area contributed by atoms with Crippen molar-refractivity contribution in [3.05, 3.63) is 24.3 Å². The van der Waals surface area contributed by atoms with Gasteiger partial charge in [-0.05, 0) is 12.8 Å². The van der Waals surface area contributed by atoms with E-state index in [1.54, 1.807) is 0 Å². The molecule has 2 heterocycles. The second-order valence-corrected chi connectivity index (χ2v) is 5.32. The van der Waals surface area contributed by atoms with Crippen molar-refractivity contribution < 1.29 is 9.59 Å². The number of rotatable bonds is 3. The molecule has 0 saturated carbocycles. The standard InChI is InChI=1S/C14H20N4O2/c1-10(2)14(20)18-7-3-11(4-8-18)17-13(19)12-9-15-5-6-16-12/h5-6,9-11H,3-4,7-8H2,1-2H3,(H,17,19). The number of likely N-dealkylation sites (tertiary alicyclic amines) is 1. The second kappa shape index (κ2) is 6.45. The second-order valence-electron chi connectivity index (χ2n) is 5.32. The van der Waals surface area contributed by atoms with E-state index in [1.165, 1.54) is 18.6 Å². The molecule has 1 N–H and O–H groups in total. The first-order valence-corrected chi connectivity index (χ1v) is 6.93. The molecule has 0 atom stereocenters. The van der Waals surface area contributed by atoms with Gasteiger partial charge in [0.25, 0.3) is 5.91 Å². The van der Waals surface area contributed by atoms with Crippen LogP contribution in [0.3, 0.4) is 0 Å². The maximum atomic E-state index is 11.9. The van der Waals surface area contributed by atoms with E-state index < -0.39 is 0 Å². The van der Waals surface area contributed by atoms with Crippen molar-refractivity contribution in [3.8, 4) is 0 Å². The van der Waals surface area contributed by atoms with Gasteiger partial charge in [-0.15, -0.1) is 0 Å². The van der Waals surface area contributed by atoms with Crippen LogP contribution in [0.4, 0.5) is 0 Å². The average Bonchev–Trinajstić information content (AvgIpc) is 2.48. The Balaban J connectivity index is 1.83. The smallest absolute Gasteiger partial charge is 0.271 e. The zero-order valence-electron chi connectivity index (χ0n) is 11.9. The fraction of sp³-hybridized carbons (Fsp3) is 0.571. The van der Waals surface area contributed by atoms with E-state index in [0.29, 0.717) is 18.8 Å². The maximum Gasteiger partial charge on any atom is 0.271 e. The van der Waals surface area contributed by atoms with Crippen LogP contribution in [0.25, 0.3) is 0 Å². The highest BCUT2D eigenvalue weighted by molar-refractivity contribution is 5.92. The van der Waals surface area contributed by atoms with E-state index in [2.05, 4.69) is 15.3 Å². The summed E-state index contributed by atoms with van der Waals surface area (Å²) >= 11 is 0. The van der Waals surface area contributed by atoms with Crippen LogP contribution >= 0.6 is 0 Å². The van der Waals surface area contributed by atoms with Gasteiger partial charge in [0, 0.05) is 37.4 Å². The molecule has 1 saturated heterocycles. The van der Waals surface area contributed by atoms with Crippen molar-refractivity contribution in [1.29, 1.82) is 0 Å². The largest absolute Gasteiger partial charge is 0.348 e. The molecule has 2 rings (SSSR count). The predicted molar refractivity (Wildman–Crippen MR) is 73.9 cm³/mol. The first-order valence-electron chi connectivity index (χ1n) is 6.93. The Hall–Kier alpha value is -1.98. The van der Waals surface area contributed by atoms with E-state index in [0.717, 1.165) is 12.8 Å². The van der Waals surface area contributed by atoms with Crippen LogP contribution in [0.2, 0.25) is 0 Å². The Bertz CT molecular complexity index is 467. The molecular formula is C14H20N4O2. The fourth-order valence-electron chi connectivity index (χ4n) is 2.29. The van der Waals surface area contributed by atoms with Gasteiger partial charge in [-0.1, -0.05) is 13.8 Å². The number of carbonyl (C=O) groups is 2. The molecule has 0 unspecified atom stereocenters. The minimum atomic E-state index is -0.202. The van der Waals surface area contributed by atoms with Crippen LogP contribution in [-0.2, 0) is 4.79 Å². The van der Waals surface area contributed by atoms with Crippen molar-refractivity contribution in [2.45, 2.75) is 32.7 Å². The first-order chi connectivity index (χ1) is 9.58. The van der Waals surface area contributed by atoms with Crippen molar-refractivity contribution in [2.75, 3.05) is 13.1 Å². The third-order valence-corrected chi connectivity index (χ3v) is 3.43. The van der Waals surface area contributed by atoms with Gasteiger partial charge in [0.15, 0.2) is 0 Å². The third kappa shape index (κ3) is 3.53. The number of hydrogen-bond donors (Lipinski definition) is 1. The number of nitrogens with zero attached hydrogens (tertiary/aromatic N) is 3. The topological polar surface area (TPSA) is 75.2 Å². The fourth-order valence-corrected chi connectivity index (χ4v) is 2.29. The van der Waals surface area contributed by atoms with E-state index in [9.17, 15) is 9.59 Å². The van der Waals surface area contributed by atoms with Gasteiger partial charge >= 0.3 is 0 Å². The molecule has 6 nitrogen and oxygen atoms in total. The van der Waals surface area contributed by atoms with E-state index >= 15 is 0 Å². The SMILES string of the molecule is CC(C)C(=O)N1CCC(NC(=O)c2cnccn2)CC1. The summed E-state index contributed by atoms with van der Waals surface area (Å²) in [5.74, 6) is 0.0103. The number of carbonyl (C=O) groups excluding carboxylic acids is 2. The highest BCUT2D eigenvalue weighted by Crippen LogP contribution is 2.13. The van der Waals surface area contributed by atoms with Crippen molar-refractivity contribution >= 4 is 11.8 Å². The summed E-state index contributed by atoms with van der Waals surface area (Å²) in [4.78, 5) is 33.5. The minimum Gasteiger partial charge on any atom is -0.348 e. The Morgan fingerprint density at radius 3 is 2.55 bits per heavy atom. The zero-order valence-corrected chi connectivity index (χ0v) is 11.9. The molecule has 6 heteroatoms. The third-order valence-electron chi connectivity index (χ3n) is 3.43. The predicted octanol–water partition coefficient (Wildman–Crippen LogP) is 0.853. The summed E-state index contributed by atoms with van der Waals surface area (Å²) in [6, 6.07) is 0.0979. The van der Waals surface area contributed by atoms with E-state index in [4.69, 9.17) is 0 Å². The van der Waals surface area contributed by atoms with Crippen LogP contribution in [0.1, 0.15) is 37.2 Å². The molecule has 1 aromatic rings. The highest BCUT2D eigenvalue weighted by atomic mass is 16.2. The van der Waals surface area contributed by atoms with Gasteiger partial charge in [-0.2, -0.15) is 0 Å². The highest BCUT2D eigenvalue weighted by Gasteiger charge is 2.25. The summed E-state index contributed by atoms with van der Waals surface area (Å²) in [6.45, 7) is 5.21. The van der Waals surface area contributed by atoms with Gasteiger partial charge in [0.2, 0.25) is 5.91 Å². The monoisotopic (exact) mass is 276 g/mol. The summed E-state index contributed by atoms with van der Waals surface area (Å²) in [5.41, 5.74) is 0.327. The van der Waals surface area contributed by atoms with Gasteiger partial charge in [0.05, 0.1) is 6.20 Å². The lowest BCUT2D eigenvalue weighted by atomic mass is 10.0. The molecule has 1 fully saturated rings. The average molecular weight is 276 g/mol. The Morgan fingerprint density at radius 1 is 1.30 bits per heavy atom. The first kappa shape index (κ1) is 14.4. The van der Waals surface area contributed by atoms with Crippen LogP contribution in [0.5, 0.6) is 0 Å². The van der Waals surface area contributed by atoms with Crippen LogP contribution in [0.15, 0.2) is 18.6 Å². The van der Waals surface area contributed by atoms with Crippen LogP contribution < -0.4 is 5.32 Å². The van der Waals surface area contributed by atoms with Crippen LogP contribution in [0, 0.1) is 5.92 Å². The quantitative estimate of drug-likeness (QED) is 0.888. The summed E-state index contributed by atoms with van der Waals surface area (Å²) in [5, 5.41) is 2.94. The number of amides is 2. The molecule has 108 valence electrons. The molecule has 0 radical (unpaired) electrons. The number of aromatic nitrogens is 2. The van der Waals surface area contributed by atoms with Crippen molar-refractivity contribution in [3.63, 3.8) is 0 Å². The van der Waals surface area contributed by atoms with Gasteiger partial charge in [-0.25, -0.2) is 4.98 Å². The molecule has 20 heavy (non-hydrogen) atoms. The zero-order chi connectivity index (χ0) is 14.5. The minimum absolute atomic E-state index is 0.0285. The van der Waals surface area contributed by atoms with Crippen LogP contribution in [-0.4, -0.2) is 45.8 Å². The molecule has 1 aliphatic rings. The summed E-state index contributed by atoms with van der Waals surface area (Å²) in [7, 11) is 0. The lowest BCUT2D eigenvalue weighted by Gasteiger charge is -2.33. The molecule has 2 amide bonds. The molecule has 0 spiro atoms. The van der Waals surface area contributed by atoms with Gasteiger partial charge in [-0.3, -0.25) is 14.6 Å². The number of hydrogen-bond acceptors (Lipinski definition) is 4. The lowest BCUT2D eigenvalue weighted by Crippen LogP contribution is -2.47. The Morgan fingerprint density at radius 2 is 2.00 bits per heavy atom. The Kier molecular flexibility index (Phi) is 4.65. The molecule has 1 aliphatic heterocycles. The van der Waals surface area contributed by atoms with Crippen molar-refractivity contribution in [1.82, 2.24) is 20.2 Å². The van der Waals surface area contributed by atoms with Crippen molar-refractivity contribution in [2.24, 2.45) is 5.92 Å². The summed E-state index contributed by atoms with van der Waals surface area (Å²) in [6.07, 6.45) is 6.05. The van der Waals surface area contributed by atoms with E-state index in [1.807, 2.05) is 18.7 Å². The van der Waals surface area contributed by atoms with E-state index in [-0.39, 0.29) is 23.8 Å². The molecule has 0 aliphatic carbocycles. The summed E-state index contributed by atoms with van der Waals surface area (Å²) < 4.78 is 0. The molecule has 0 aromatic carbocycles. The molecule has 0 bridgehead atoms. The number of nitrogens with one attached hydrogen (secondary N) is 1. The molecular weight excluding hydrogens is 256 g/mol. The van der Waals surface area contributed by atoms with Gasteiger partial charge in [0.1, 0.15) is 5.69 Å². The van der Waals surface area contributed by atoms with Gasteiger partial charge < -0.3 is 10.2 Å². The normalized spacial score (nSPS) is 16.2. The molecule has 1 aromatic heterocycles. The lowest BCUT2D eigenvalue weighted by molar-refractivity contribution is -0.135. The maximum absolute atomic E-state index is 11.9. The Labute approximate surface area is 118 Å².